The van der Waals surface area contributed by atoms with Crippen LogP contribution in [0.4, 0.5) is 0 Å². The van der Waals surface area contributed by atoms with E-state index in [1.807, 2.05) is 0 Å². The van der Waals surface area contributed by atoms with E-state index in [1.165, 1.54) is 16.7 Å². The molecule has 1 aliphatic rings. The van der Waals surface area contributed by atoms with Crippen LogP contribution in [-0.2, 0) is 17.3 Å². The second-order valence-corrected chi connectivity index (χ2v) is 12.5. The highest BCUT2D eigenvalue weighted by Gasteiger charge is 2.40. The lowest BCUT2D eigenvalue weighted by Crippen LogP contribution is -2.46. The maximum atomic E-state index is 6.52. The van der Waals surface area contributed by atoms with E-state index in [2.05, 4.69) is 59.8 Å². The van der Waals surface area contributed by atoms with Crippen LogP contribution in [0.25, 0.3) is 0 Å². The van der Waals surface area contributed by atoms with Crippen LogP contribution in [0, 0.1) is 6.92 Å². The monoisotopic (exact) mass is 306 g/mol. The first kappa shape index (κ1) is 16.6. The molecule has 0 amide bonds. The third kappa shape index (κ3) is 3.51. The highest BCUT2D eigenvalue weighted by Crippen LogP contribution is 2.39. The second kappa shape index (κ2) is 5.77. The Morgan fingerprint density at radius 3 is 2.52 bits per heavy atom. The molecule has 1 aromatic rings. The molecule has 0 spiro atoms. The number of aryl methyl sites for hydroxylation is 2. The average Bonchev–Trinajstić information content (AvgIpc) is 2.36. The van der Waals surface area contributed by atoms with Crippen molar-refractivity contribution in [2.24, 2.45) is 0 Å². The molecule has 1 aliphatic heterocycles. The SMILES string of the molecule is CCc1cc2c(cc1C)OC[C@H](O[Si](C)(C)C(C)(C)C)C2. The molecule has 0 unspecified atom stereocenters. The van der Waals surface area contributed by atoms with Crippen LogP contribution in [0.3, 0.4) is 0 Å². The lowest BCUT2D eigenvalue weighted by Gasteiger charge is -2.40. The summed E-state index contributed by atoms with van der Waals surface area (Å²) in [7, 11) is -1.73. The van der Waals surface area contributed by atoms with E-state index in [9.17, 15) is 0 Å². The molecule has 0 saturated heterocycles. The van der Waals surface area contributed by atoms with Crippen molar-refractivity contribution in [3.8, 4) is 5.75 Å². The molecule has 2 nitrogen and oxygen atoms in total. The van der Waals surface area contributed by atoms with Crippen molar-refractivity contribution in [2.75, 3.05) is 6.61 Å². The Morgan fingerprint density at radius 2 is 1.95 bits per heavy atom. The van der Waals surface area contributed by atoms with Gasteiger partial charge >= 0.3 is 0 Å². The van der Waals surface area contributed by atoms with Gasteiger partial charge in [-0.05, 0) is 54.2 Å². The van der Waals surface area contributed by atoms with Crippen LogP contribution >= 0.6 is 0 Å². The van der Waals surface area contributed by atoms with Crippen molar-refractivity contribution in [1.82, 2.24) is 0 Å². The predicted molar refractivity (Wildman–Crippen MR) is 91.8 cm³/mol. The molecular formula is C18H30O2Si. The summed E-state index contributed by atoms with van der Waals surface area (Å²) in [4.78, 5) is 0. The van der Waals surface area contributed by atoms with Crippen molar-refractivity contribution >= 4 is 8.32 Å². The molecule has 1 heterocycles. The minimum atomic E-state index is -1.73. The van der Waals surface area contributed by atoms with Crippen LogP contribution < -0.4 is 4.74 Å². The van der Waals surface area contributed by atoms with Crippen molar-refractivity contribution in [3.63, 3.8) is 0 Å². The fourth-order valence-electron chi connectivity index (χ4n) is 2.61. The third-order valence-corrected chi connectivity index (χ3v) is 9.57. The highest BCUT2D eigenvalue weighted by atomic mass is 28.4. The molecule has 0 bridgehead atoms. The van der Waals surface area contributed by atoms with Gasteiger partial charge in [-0.15, -0.1) is 0 Å². The summed E-state index contributed by atoms with van der Waals surface area (Å²) in [5, 5.41) is 0.245. The van der Waals surface area contributed by atoms with Gasteiger partial charge in [0.2, 0.25) is 0 Å². The van der Waals surface area contributed by atoms with Gasteiger partial charge in [0.1, 0.15) is 12.4 Å². The number of rotatable bonds is 3. The molecule has 0 radical (unpaired) electrons. The van der Waals surface area contributed by atoms with E-state index in [-0.39, 0.29) is 11.1 Å². The molecule has 1 aromatic carbocycles. The van der Waals surface area contributed by atoms with Crippen molar-refractivity contribution < 1.29 is 9.16 Å². The quantitative estimate of drug-likeness (QED) is 0.741. The van der Waals surface area contributed by atoms with Crippen molar-refractivity contribution in [2.45, 2.75) is 71.7 Å². The molecule has 0 N–H and O–H groups in total. The fourth-order valence-corrected chi connectivity index (χ4v) is 3.95. The maximum absolute atomic E-state index is 6.52. The summed E-state index contributed by atoms with van der Waals surface area (Å²) in [5.74, 6) is 1.06. The standard InChI is InChI=1S/C18H30O2Si/c1-8-14-10-15-11-16(12-19-17(15)9-13(14)2)20-21(6,7)18(3,4)5/h9-10,16H,8,11-12H2,1-7H3/t16-/m1/s1. The summed E-state index contributed by atoms with van der Waals surface area (Å²) in [5.41, 5.74) is 4.07. The normalized spacial score (nSPS) is 19.1. The van der Waals surface area contributed by atoms with E-state index in [4.69, 9.17) is 9.16 Å². The van der Waals surface area contributed by atoms with E-state index in [1.54, 1.807) is 0 Å². The zero-order valence-corrected chi connectivity index (χ0v) is 15.7. The van der Waals surface area contributed by atoms with Gasteiger partial charge in [-0.25, -0.2) is 0 Å². The number of hydrogen-bond donors (Lipinski definition) is 0. The minimum Gasteiger partial charge on any atom is -0.491 e. The predicted octanol–water partition coefficient (Wildman–Crippen LogP) is 4.88. The molecule has 0 saturated carbocycles. The van der Waals surface area contributed by atoms with Gasteiger partial charge in [0.05, 0.1) is 6.10 Å². The zero-order chi connectivity index (χ0) is 15.8. The Hall–Kier alpha value is -0.803. The summed E-state index contributed by atoms with van der Waals surface area (Å²) < 4.78 is 12.5. The van der Waals surface area contributed by atoms with E-state index in [0.717, 1.165) is 18.6 Å². The van der Waals surface area contributed by atoms with Crippen LogP contribution in [-0.4, -0.2) is 21.0 Å². The fraction of sp³-hybridized carbons (Fsp3) is 0.667. The first-order valence-electron chi connectivity index (χ1n) is 8.07. The first-order chi connectivity index (χ1) is 9.64. The molecular weight excluding hydrogens is 276 g/mol. The summed E-state index contributed by atoms with van der Waals surface area (Å²) in [6.07, 6.45) is 2.26. The maximum Gasteiger partial charge on any atom is 0.192 e. The third-order valence-electron chi connectivity index (χ3n) is 5.04. The van der Waals surface area contributed by atoms with Gasteiger partial charge < -0.3 is 9.16 Å². The van der Waals surface area contributed by atoms with Crippen molar-refractivity contribution in [1.29, 1.82) is 0 Å². The lowest BCUT2D eigenvalue weighted by atomic mass is 9.97. The van der Waals surface area contributed by atoms with Crippen LogP contribution in [0.15, 0.2) is 12.1 Å². The van der Waals surface area contributed by atoms with Gasteiger partial charge in [-0.3, -0.25) is 0 Å². The highest BCUT2D eigenvalue weighted by molar-refractivity contribution is 6.74. The van der Waals surface area contributed by atoms with Crippen molar-refractivity contribution in [3.05, 3.63) is 28.8 Å². The Labute approximate surface area is 131 Å². The summed E-state index contributed by atoms with van der Waals surface area (Å²) in [6.45, 7) is 16.6. The second-order valence-electron chi connectivity index (χ2n) is 7.76. The number of fused-ring (bicyclic) bond motifs is 1. The van der Waals surface area contributed by atoms with E-state index >= 15 is 0 Å². The van der Waals surface area contributed by atoms with Gasteiger partial charge in [0.25, 0.3) is 0 Å². The topological polar surface area (TPSA) is 18.5 Å². The zero-order valence-electron chi connectivity index (χ0n) is 14.7. The average molecular weight is 307 g/mol. The van der Waals surface area contributed by atoms with Gasteiger partial charge in [0.15, 0.2) is 8.32 Å². The number of ether oxygens (including phenoxy) is 1. The van der Waals surface area contributed by atoms with E-state index < -0.39 is 8.32 Å². The first-order valence-corrected chi connectivity index (χ1v) is 11.0. The molecule has 21 heavy (non-hydrogen) atoms. The van der Waals surface area contributed by atoms with Crippen LogP contribution in [0.1, 0.15) is 44.4 Å². The van der Waals surface area contributed by atoms with Crippen LogP contribution in [0.5, 0.6) is 5.75 Å². The molecule has 0 fully saturated rings. The molecule has 118 valence electrons. The largest absolute Gasteiger partial charge is 0.491 e. The van der Waals surface area contributed by atoms with Gasteiger partial charge in [0, 0.05) is 6.42 Å². The lowest BCUT2D eigenvalue weighted by molar-refractivity contribution is 0.0995. The smallest absolute Gasteiger partial charge is 0.192 e. The Balaban J connectivity index is 2.16. The number of hydrogen-bond acceptors (Lipinski definition) is 2. The minimum absolute atomic E-state index is 0.200. The molecule has 3 heteroatoms. The number of benzene rings is 1. The van der Waals surface area contributed by atoms with Crippen LogP contribution in [0.2, 0.25) is 18.1 Å². The summed E-state index contributed by atoms with van der Waals surface area (Å²) in [6, 6.07) is 4.50. The van der Waals surface area contributed by atoms with E-state index in [0.29, 0.717) is 6.61 Å². The Bertz CT molecular complexity index is 515. The summed E-state index contributed by atoms with van der Waals surface area (Å²) >= 11 is 0. The molecule has 0 aliphatic carbocycles. The molecule has 1 atom stereocenters. The molecule has 0 aromatic heterocycles. The van der Waals surface area contributed by atoms with Gasteiger partial charge in [-0.1, -0.05) is 33.8 Å². The molecule has 2 rings (SSSR count). The Morgan fingerprint density at radius 1 is 1.29 bits per heavy atom. The Kier molecular flexibility index (Phi) is 4.55. The van der Waals surface area contributed by atoms with Gasteiger partial charge in [-0.2, -0.15) is 0 Å².